The highest BCUT2D eigenvalue weighted by Gasteiger charge is 2.21. The van der Waals surface area contributed by atoms with Gasteiger partial charge in [0.15, 0.2) is 0 Å². The Hall–Kier alpha value is -1.96. The van der Waals surface area contributed by atoms with Gasteiger partial charge < -0.3 is 10.1 Å². The van der Waals surface area contributed by atoms with E-state index in [0.29, 0.717) is 17.4 Å². The molecule has 27 heavy (non-hydrogen) atoms. The lowest BCUT2D eigenvalue weighted by Crippen LogP contribution is -2.40. The smallest absolute Gasteiger partial charge is 0.241 e. The molecule has 0 radical (unpaired) electrons. The van der Waals surface area contributed by atoms with E-state index in [-0.39, 0.29) is 23.8 Å². The number of nitrogens with one attached hydrogen (secondary N) is 1. The standard InChI is InChI=1S/C18H20Cl2N2O4S/c1-3-26-17-7-5-4-6-13(17)11-21-18(23)12-22(27(2,24)25)14-8-9-15(19)16(20)10-14/h4-10H,3,11-12H2,1-2H3,(H,21,23). The van der Waals surface area contributed by atoms with Gasteiger partial charge in [0.1, 0.15) is 12.3 Å². The second-order valence-corrected chi connectivity index (χ2v) is 8.41. The average molecular weight is 431 g/mol. The molecule has 0 unspecified atom stereocenters. The summed E-state index contributed by atoms with van der Waals surface area (Å²) in [4.78, 5) is 12.4. The summed E-state index contributed by atoms with van der Waals surface area (Å²) >= 11 is 11.8. The van der Waals surface area contributed by atoms with Crippen molar-refractivity contribution in [2.24, 2.45) is 0 Å². The summed E-state index contributed by atoms with van der Waals surface area (Å²) in [6, 6.07) is 11.7. The summed E-state index contributed by atoms with van der Waals surface area (Å²) in [7, 11) is -3.70. The van der Waals surface area contributed by atoms with Gasteiger partial charge in [0.25, 0.3) is 0 Å². The normalized spacial score (nSPS) is 11.1. The molecule has 0 aromatic heterocycles. The van der Waals surface area contributed by atoms with Crippen molar-refractivity contribution >= 4 is 44.8 Å². The molecule has 1 amide bonds. The Balaban J connectivity index is 2.12. The molecular formula is C18H20Cl2N2O4S. The Kier molecular flexibility index (Phi) is 7.35. The van der Waals surface area contributed by atoms with Crippen molar-refractivity contribution in [2.45, 2.75) is 13.5 Å². The number of sulfonamides is 1. The molecule has 1 N–H and O–H groups in total. The Morgan fingerprint density at radius 3 is 2.48 bits per heavy atom. The van der Waals surface area contributed by atoms with Crippen LogP contribution < -0.4 is 14.4 Å². The van der Waals surface area contributed by atoms with Crippen LogP contribution in [0, 0.1) is 0 Å². The van der Waals surface area contributed by atoms with Crippen LogP contribution in [0.5, 0.6) is 5.75 Å². The van der Waals surface area contributed by atoms with Gasteiger partial charge in [0.2, 0.25) is 15.9 Å². The van der Waals surface area contributed by atoms with E-state index < -0.39 is 15.9 Å². The number of carbonyl (C=O) groups is 1. The highest BCUT2D eigenvalue weighted by atomic mass is 35.5. The Bertz CT molecular complexity index is 919. The van der Waals surface area contributed by atoms with E-state index in [1.54, 1.807) is 0 Å². The zero-order valence-electron chi connectivity index (χ0n) is 14.9. The van der Waals surface area contributed by atoms with Gasteiger partial charge in [-0.3, -0.25) is 9.10 Å². The first-order valence-corrected chi connectivity index (χ1v) is 10.7. The summed E-state index contributed by atoms with van der Waals surface area (Å²) in [5.74, 6) is 0.211. The molecule has 146 valence electrons. The van der Waals surface area contributed by atoms with Crippen molar-refractivity contribution in [3.8, 4) is 5.75 Å². The summed E-state index contributed by atoms with van der Waals surface area (Å²) in [6.07, 6.45) is 1.02. The topological polar surface area (TPSA) is 75.7 Å². The minimum atomic E-state index is -3.70. The van der Waals surface area contributed by atoms with Crippen molar-refractivity contribution in [1.82, 2.24) is 5.32 Å². The Morgan fingerprint density at radius 2 is 1.85 bits per heavy atom. The average Bonchev–Trinajstić information content (AvgIpc) is 2.61. The van der Waals surface area contributed by atoms with E-state index in [1.807, 2.05) is 31.2 Å². The molecule has 0 heterocycles. The molecular weight excluding hydrogens is 411 g/mol. The fourth-order valence-corrected chi connectivity index (χ4v) is 3.51. The van der Waals surface area contributed by atoms with Crippen LogP contribution in [0.3, 0.4) is 0 Å². The molecule has 0 aliphatic heterocycles. The number of anilines is 1. The summed E-state index contributed by atoms with van der Waals surface area (Å²) < 4.78 is 30.7. The molecule has 9 heteroatoms. The van der Waals surface area contributed by atoms with Gasteiger partial charge in [-0.25, -0.2) is 8.42 Å². The number of benzene rings is 2. The SMILES string of the molecule is CCOc1ccccc1CNC(=O)CN(c1ccc(Cl)c(Cl)c1)S(C)(=O)=O. The van der Waals surface area contributed by atoms with Crippen molar-refractivity contribution in [2.75, 3.05) is 23.7 Å². The first-order valence-electron chi connectivity index (χ1n) is 8.12. The molecule has 0 atom stereocenters. The zero-order chi connectivity index (χ0) is 20.0. The summed E-state index contributed by atoms with van der Waals surface area (Å²) in [6.45, 7) is 2.21. The predicted octanol–water partition coefficient (Wildman–Crippen LogP) is 3.47. The molecule has 0 aliphatic carbocycles. The van der Waals surface area contributed by atoms with E-state index in [9.17, 15) is 13.2 Å². The molecule has 0 fully saturated rings. The van der Waals surface area contributed by atoms with Crippen LogP contribution in [0.2, 0.25) is 10.0 Å². The first-order chi connectivity index (χ1) is 12.7. The van der Waals surface area contributed by atoms with E-state index in [0.717, 1.165) is 16.1 Å². The van der Waals surface area contributed by atoms with Crippen molar-refractivity contribution in [3.63, 3.8) is 0 Å². The van der Waals surface area contributed by atoms with Gasteiger partial charge >= 0.3 is 0 Å². The van der Waals surface area contributed by atoms with E-state index >= 15 is 0 Å². The maximum Gasteiger partial charge on any atom is 0.241 e. The van der Waals surface area contributed by atoms with Gasteiger partial charge in [-0.2, -0.15) is 0 Å². The van der Waals surface area contributed by atoms with Gasteiger partial charge in [-0.05, 0) is 31.2 Å². The number of hydrogen-bond donors (Lipinski definition) is 1. The van der Waals surface area contributed by atoms with Crippen LogP contribution in [0.4, 0.5) is 5.69 Å². The third-order valence-corrected chi connectivity index (χ3v) is 5.51. The van der Waals surface area contributed by atoms with Crippen molar-refractivity contribution < 1.29 is 17.9 Å². The second-order valence-electron chi connectivity index (χ2n) is 5.69. The summed E-state index contributed by atoms with van der Waals surface area (Å²) in [5.41, 5.74) is 1.06. The van der Waals surface area contributed by atoms with Gasteiger partial charge in [-0.15, -0.1) is 0 Å². The van der Waals surface area contributed by atoms with Crippen LogP contribution in [0.15, 0.2) is 42.5 Å². The lowest BCUT2D eigenvalue weighted by molar-refractivity contribution is -0.119. The number of ether oxygens (including phenoxy) is 1. The van der Waals surface area contributed by atoms with Crippen molar-refractivity contribution in [1.29, 1.82) is 0 Å². The van der Waals surface area contributed by atoms with Crippen molar-refractivity contribution in [3.05, 3.63) is 58.1 Å². The summed E-state index contributed by atoms with van der Waals surface area (Å²) in [5, 5.41) is 3.21. The Morgan fingerprint density at radius 1 is 1.15 bits per heavy atom. The van der Waals surface area contributed by atoms with E-state index in [1.165, 1.54) is 18.2 Å². The van der Waals surface area contributed by atoms with E-state index in [2.05, 4.69) is 5.32 Å². The van der Waals surface area contributed by atoms with Gasteiger partial charge in [-0.1, -0.05) is 41.4 Å². The molecule has 2 rings (SSSR count). The maximum absolute atomic E-state index is 12.4. The molecule has 0 saturated heterocycles. The largest absolute Gasteiger partial charge is 0.494 e. The second kappa shape index (κ2) is 9.30. The van der Waals surface area contributed by atoms with Crippen LogP contribution in [0.25, 0.3) is 0 Å². The van der Waals surface area contributed by atoms with Crippen LogP contribution in [-0.2, 0) is 21.4 Å². The number of amides is 1. The number of rotatable bonds is 8. The molecule has 6 nitrogen and oxygen atoms in total. The molecule has 2 aromatic carbocycles. The molecule has 2 aromatic rings. The molecule has 0 bridgehead atoms. The monoisotopic (exact) mass is 430 g/mol. The maximum atomic E-state index is 12.4. The van der Waals surface area contributed by atoms with E-state index in [4.69, 9.17) is 27.9 Å². The molecule has 0 spiro atoms. The predicted molar refractivity (Wildman–Crippen MR) is 108 cm³/mol. The fraction of sp³-hybridized carbons (Fsp3) is 0.278. The minimum Gasteiger partial charge on any atom is -0.494 e. The third kappa shape index (κ3) is 6.02. The molecule has 0 aliphatic rings. The lowest BCUT2D eigenvalue weighted by Gasteiger charge is -2.22. The number of para-hydroxylation sites is 1. The Labute approximate surface area is 169 Å². The highest BCUT2D eigenvalue weighted by molar-refractivity contribution is 7.92. The third-order valence-electron chi connectivity index (χ3n) is 3.63. The van der Waals surface area contributed by atoms with Crippen LogP contribution >= 0.6 is 23.2 Å². The first kappa shape index (κ1) is 21.3. The lowest BCUT2D eigenvalue weighted by atomic mass is 10.2. The van der Waals surface area contributed by atoms with Crippen LogP contribution in [-0.4, -0.2) is 33.7 Å². The minimum absolute atomic E-state index is 0.203. The zero-order valence-corrected chi connectivity index (χ0v) is 17.2. The van der Waals surface area contributed by atoms with Crippen LogP contribution in [0.1, 0.15) is 12.5 Å². The van der Waals surface area contributed by atoms with Gasteiger partial charge in [0, 0.05) is 12.1 Å². The molecule has 0 saturated carbocycles. The number of hydrogen-bond acceptors (Lipinski definition) is 4. The number of carbonyl (C=O) groups excluding carboxylic acids is 1. The van der Waals surface area contributed by atoms with Gasteiger partial charge in [0.05, 0.1) is 28.6 Å². The quantitative estimate of drug-likeness (QED) is 0.695. The highest BCUT2D eigenvalue weighted by Crippen LogP contribution is 2.28. The number of nitrogens with zero attached hydrogens (tertiary/aromatic N) is 1. The number of halogens is 2. The fourth-order valence-electron chi connectivity index (χ4n) is 2.37.